The molecule has 1 aromatic heterocycles. The van der Waals surface area contributed by atoms with Crippen LogP contribution in [0.25, 0.3) is 5.57 Å². The summed E-state index contributed by atoms with van der Waals surface area (Å²) in [7, 11) is 1.94. The van der Waals surface area contributed by atoms with E-state index in [-0.39, 0.29) is 0 Å². The average Bonchev–Trinajstić information content (AvgIpc) is 2.98. The van der Waals surface area contributed by atoms with Crippen LogP contribution in [0.3, 0.4) is 0 Å². The number of allylic oxidation sites excluding steroid dienone is 1. The van der Waals surface area contributed by atoms with E-state index in [1.54, 1.807) is 0 Å². The molecule has 0 unspecified atom stereocenters. The van der Waals surface area contributed by atoms with Gasteiger partial charge in [0, 0.05) is 34.4 Å². The monoisotopic (exact) mass is 572 g/mol. The third kappa shape index (κ3) is 7.72. The minimum Gasteiger partial charge on any atom is -0.473 e. The van der Waals surface area contributed by atoms with Gasteiger partial charge in [-0.05, 0) is 48.2 Å². The summed E-state index contributed by atoms with van der Waals surface area (Å²) < 4.78 is 13.4. The first kappa shape index (κ1) is 29.0. The van der Waals surface area contributed by atoms with Crippen LogP contribution in [0.15, 0.2) is 101 Å². The summed E-state index contributed by atoms with van der Waals surface area (Å²) in [6.45, 7) is 9.19. The molecule has 4 rings (SSSR count). The van der Waals surface area contributed by atoms with Crippen LogP contribution in [0.5, 0.6) is 11.8 Å². The Morgan fingerprint density at radius 3 is 1.95 bits per heavy atom. The number of hydrogen-bond donors (Lipinski definition) is 1. The van der Waals surface area contributed by atoms with Gasteiger partial charge < -0.3 is 14.8 Å². The molecule has 198 valence electrons. The van der Waals surface area contributed by atoms with E-state index < -0.39 is 0 Å². The normalized spacial score (nSPS) is 11.1. The highest BCUT2D eigenvalue weighted by atomic mass is 79.9. The molecule has 0 radical (unpaired) electrons. The first-order valence-corrected chi connectivity index (χ1v) is 13.9. The largest absolute Gasteiger partial charge is 0.473 e. The molecule has 0 saturated heterocycles. The van der Waals surface area contributed by atoms with Crippen molar-refractivity contribution in [2.45, 2.75) is 47.3 Å². The predicted octanol–water partition coefficient (Wildman–Crippen LogP) is 9.30. The average molecular weight is 574 g/mol. The zero-order valence-corrected chi connectivity index (χ0v) is 24.5. The van der Waals surface area contributed by atoms with E-state index in [4.69, 9.17) is 14.5 Å². The van der Waals surface area contributed by atoms with Gasteiger partial charge in [0.15, 0.2) is 0 Å². The van der Waals surface area contributed by atoms with Gasteiger partial charge in [0.2, 0.25) is 11.8 Å². The summed E-state index contributed by atoms with van der Waals surface area (Å²) in [6, 6.07) is 30.5. The van der Waals surface area contributed by atoms with Gasteiger partial charge in [-0.25, -0.2) is 0 Å². The standard InChI is InChI=1S/C31H31BrN2O2.C2H6/c1-4-22(2)30(26-16-15-25(32)19-28(26)33-3)27-17-18-29(35-20-23-11-7-5-8-12-23)34-31(27)36-21-24-13-9-6-10-14-24;1-2/h5-19,33H,4,20-21H2,1-3H3;1-2H3. The second kappa shape index (κ2) is 15.0. The molecule has 0 amide bonds. The Hall–Kier alpha value is -3.57. The van der Waals surface area contributed by atoms with Crippen molar-refractivity contribution in [3.8, 4) is 11.8 Å². The molecule has 0 aliphatic carbocycles. The third-order valence-electron chi connectivity index (χ3n) is 6.03. The highest BCUT2D eigenvalue weighted by Crippen LogP contribution is 2.39. The second-order valence-corrected chi connectivity index (χ2v) is 9.42. The van der Waals surface area contributed by atoms with Crippen molar-refractivity contribution in [1.82, 2.24) is 4.98 Å². The summed E-state index contributed by atoms with van der Waals surface area (Å²) >= 11 is 3.60. The fraction of sp³-hybridized carbons (Fsp3) is 0.242. The molecule has 4 nitrogen and oxygen atoms in total. The van der Waals surface area contributed by atoms with Gasteiger partial charge in [-0.15, -0.1) is 0 Å². The zero-order chi connectivity index (χ0) is 27.3. The van der Waals surface area contributed by atoms with E-state index in [0.29, 0.717) is 25.0 Å². The van der Waals surface area contributed by atoms with Crippen molar-refractivity contribution in [3.63, 3.8) is 0 Å². The lowest BCUT2D eigenvalue weighted by atomic mass is 9.92. The Kier molecular flexibility index (Phi) is 11.4. The van der Waals surface area contributed by atoms with Gasteiger partial charge in [0.25, 0.3) is 0 Å². The number of ether oxygens (including phenoxy) is 2. The number of nitrogens with zero attached hydrogens (tertiary/aromatic N) is 1. The fourth-order valence-corrected chi connectivity index (χ4v) is 4.35. The lowest BCUT2D eigenvalue weighted by Crippen LogP contribution is -2.06. The molecule has 0 aliphatic heterocycles. The molecule has 1 N–H and O–H groups in total. The van der Waals surface area contributed by atoms with Crippen molar-refractivity contribution in [2.75, 3.05) is 12.4 Å². The number of benzene rings is 3. The molecule has 0 saturated carbocycles. The number of halogens is 1. The summed E-state index contributed by atoms with van der Waals surface area (Å²) in [5, 5.41) is 3.34. The van der Waals surface area contributed by atoms with Crippen molar-refractivity contribution in [1.29, 1.82) is 0 Å². The number of pyridine rings is 1. The van der Waals surface area contributed by atoms with Crippen molar-refractivity contribution in [2.24, 2.45) is 0 Å². The maximum atomic E-state index is 6.36. The van der Waals surface area contributed by atoms with Crippen LogP contribution in [0.4, 0.5) is 5.69 Å². The summed E-state index contributed by atoms with van der Waals surface area (Å²) in [5.41, 5.74) is 7.60. The summed E-state index contributed by atoms with van der Waals surface area (Å²) in [6.07, 6.45) is 0.902. The second-order valence-electron chi connectivity index (χ2n) is 8.50. The van der Waals surface area contributed by atoms with E-state index in [1.807, 2.05) is 75.5 Å². The van der Waals surface area contributed by atoms with Crippen molar-refractivity contribution < 1.29 is 9.47 Å². The number of anilines is 1. The molecular formula is C33H37BrN2O2. The summed E-state index contributed by atoms with van der Waals surface area (Å²) in [4.78, 5) is 4.83. The van der Waals surface area contributed by atoms with Crippen molar-refractivity contribution in [3.05, 3.63) is 123 Å². The minimum absolute atomic E-state index is 0.417. The summed E-state index contributed by atoms with van der Waals surface area (Å²) in [5.74, 6) is 1.08. The number of hydrogen-bond acceptors (Lipinski definition) is 4. The molecule has 1 heterocycles. The smallest absolute Gasteiger partial charge is 0.225 e. The first-order valence-electron chi connectivity index (χ1n) is 13.1. The molecule has 0 fully saturated rings. The van der Waals surface area contributed by atoms with Gasteiger partial charge in [0.1, 0.15) is 13.2 Å². The molecular weight excluding hydrogens is 536 g/mol. The van der Waals surface area contributed by atoms with Crippen LogP contribution in [-0.2, 0) is 13.2 Å². The Labute approximate surface area is 235 Å². The van der Waals surface area contributed by atoms with Crippen LogP contribution in [0.2, 0.25) is 0 Å². The highest BCUT2D eigenvalue weighted by Gasteiger charge is 2.19. The quantitative estimate of drug-likeness (QED) is 0.205. The Bertz CT molecular complexity index is 1320. The predicted molar refractivity (Wildman–Crippen MR) is 163 cm³/mol. The van der Waals surface area contributed by atoms with Crippen LogP contribution < -0.4 is 14.8 Å². The van der Waals surface area contributed by atoms with E-state index in [1.165, 1.54) is 5.57 Å². The number of rotatable bonds is 10. The molecule has 38 heavy (non-hydrogen) atoms. The number of aromatic nitrogens is 1. The maximum Gasteiger partial charge on any atom is 0.225 e. The topological polar surface area (TPSA) is 43.4 Å². The van der Waals surface area contributed by atoms with Crippen LogP contribution in [0, 0.1) is 0 Å². The highest BCUT2D eigenvalue weighted by molar-refractivity contribution is 9.10. The third-order valence-corrected chi connectivity index (χ3v) is 6.52. The Morgan fingerprint density at radius 2 is 1.37 bits per heavy atom. The Morgan fingerprint density at radius 1 is 0.789 bits per heavy atom. The van der Waals surface area contributed by atoms with Crippen LogP contribution >= 0.6 is 15.9 Å². The van der Waals surface area contributed by atoms with Gasteiger partial charge in [-0.1, -0.05) is 109 Å². The molecule has 5 heteroatoms. The molecule has 0 aliphatic rings. The lowest BCUT2D eigenvalue weighted by molar-refractivity contribution is 0.267. The van der Waals surface area contributed by atoms with E-state index in [2.05, 4.69) is 71.5 Å². The van der Waals surface area contributed by atoms with Crippen LogP contribution in [-0.4, -0.2) is 12.0 Å². The van der Waals surface area contributed by atoms with E-state index in [0.717, 1.165) is 44.4 Å². The van der Waals surface area contributed by atoms with E-state index in [9.17, 15) is 0 Å². The fourth-order valence-electron chi connectivity index (χ4n) is 3.98. The van der Waals surface area contributed by atoms with Crippen LogP contribution in [0.1, 0.15) is 56.4 Å². The minimum atomic E-state index is 0.417. The van der Waals surface area contributed by atoms with Crippen molar-refractivity contribution >= 4 is 27.2 Å². The van der Waals surface area contributed by atoms with E-state index >= 15 is 0 Å². The lowest BCUT2D eigenvalue weighted by Gasteiger charge is -2.20. The maximum absolute atomic E-state index is 6.36. The van der Waals surface area contributed by atoms with Gasteiger partial charge in [-0.2, -0.15) is 4.98 Å². The molecule has 0 spiro atoms. The first-order chi connectivity index (χ1) is 18.6. The SMILES string of the molecule is CC.CCC(C)=C(c1ccc(Br)cc1NC)c1ccc(OCc2ccccc2)nc1OCc1ccccc1. The Balaban J connectivity index is 0.00000195. The van der Waals surface area contributed by atoms with Gasteiger partial charge >= 0.3 is 0 Å². The van der Waals surface area contributed by atoms with Gasteiger partial charge in [-0.3, -0.25) is 0 Å². The van der Waals surface area contributed by atoms with Gasteiger partial charge in [0.05, 0.1) is 0 Å². The zero-order valence-electron chi connectivity index (χ0n) is 22.9. The molecule has 4 aromatic rings. The molecule has 3 aromatic carbocycles. The molecule has 0 bridgehead atoms. The molecule has 0 atom stereocenters. The number of nitrogens with one attached hydrogen (secondary N) is 1.